The molecule has 0 aromatic carbocycles. The van der Waals surface area contributed by atoms with Crippen molar-refractivity contribution in [1.82, 2.24) is 9.88 Å². The number of aromatic nitrogens is 1. The van der Waals surface area contributed by atoms with Gasteiger partial charge in [0.05, 0.1) is 11.9 Å². The minimum Gasteiger partial charge on any atom is -0.369 e. The van der Waals surface area contributed by atoms with Crippen LogP contribution in [0.15, 0.2) is 21.7 Å². The van der Waals surface area contributed by atoms with Crippen molar-refractivity contribution >= 4 is 28.1 Å². The zero-order chi connectivity index (χ0) is 10.6. The van der Waals surface area contributed by atoms with Crippen molar-refractivity contribution in [2.24, 2.45) is 4.99 Å². The van der Waals surface area contributed by atoms with Gasteiger partial charge in [-0.15, -0.1) is 6.42 Å². The van der Waals surface area contributed by atoms with Crippen molar-refractivity contribution < 1.29 is 0 Å². The fraction of sp³-hybridized carbons (Fsp3) is 0.200. The molecule has 1 aromatic rings. The highest BCUT2D eigenvalue weighted by molar-refractivity contribution is 9.10. The van der Waals surface area contributed by atoms with Crippen LogP contribution in [0, 0.1) is 12.3 Å². The summed E-state index contributed by atoms with van der Waals surface area (Å²) >= 11 is 3.30. The third-order valence-corrected chi connectivity index (χ3v) is 1.83. The fourth-order valence-electron chi connectivity index (χ4n) is 0.811. The van der Waals surface area contributed by atoms with Gasteiger partial charge in [0, 0.05) is 24.8 Å². The Hall–Kier alpha value is -1.34. The summed E-state index contributed by atoms with van der Waals surface area (Å²) in [5.41, 5.74) is 0.678. The molecule has 0 spiro atoms. The number of pyridine rings is 1. The second-order valence-corrected chi connectivity index (χ2v) is 3.79. The summed E-state index contributed by atoms with van der Waals surface area (Å²) in [6.45, 7) is 0. The quantitative estimate of drug-likeness (QED) is 0.458. The van der Waals surface area contributed by atoms with E-state index in [-0.39, 0.29) is 0 Å². The molecule has 0 unspecified atom stereocenters. The van der Waals surface area contributed by atoms with Crippen molar-refractivity contribution in [2.45, 2.75) is 0 Å². The number of halogens is 1. The fourth-order valence-corrected chi connectivity index (χ4v) is 1.14. The molecule has 0 aliphatic carbocycles. The van der Waals surface area contributed by atoms with Crippen LogP contribution in [0.4, 0.5) is 5.82 Å². The van der Waals surface area contributed by atoms with Crippen LogP contribution in [-0.4, -0.2) is 30.3 Å². The lowest BCUT2D eigenvalue weighted by Crippen LogP contribution is -2.07. The number of nitrogens with zero attached hydrogens (tertiary/aromatic N) is 3. The summed E-state index contributed by atoms with van der Waals surface area (Å²) in [6.07, 6.45) is 8.66. The van der Waals surface area contributed by atoms with Gasteiger partial charge in [0.25, 0.3) is 0 Å². The Morgan fingerprint density at radius 1 is 1.64 bits per heavy atom. The van der Waals surface area contributed by atoms with E-state index < -0.39 is 0 Å². The zero-order valence-electron chi connectivity index (χ0n) is 8.03. The molecule has 0 atom stereocenters. The first-order valence-corrected chi connectivity index (χ1v) is 4.75. The van der Waals surface area contributed by atoms with E-state index in [1.54, 1.807) is 12.5 Å². The highest BCUT2D eigenvalue weighted by atomic mass is 79.9. The molecule has 3 nitrogen and oxygen atoms in total. The van der Waals surface area contributed by atoms with Gasteiger partial charge in [-0.2, -0.15) is 0 Å². The number of hydrogen-bond donors (Lipinski definition) is 0. The molecule has 0 saturated heterocycles. The van der Waals surface area contributed by atoms with Crippen LogP contribution in [0.5, 0.6) is 0 Å². The van der Waals surface area contributed by atoms with Crippen LogP contribution in [-0.2, 0) is 0 Å². The van der Waals surface area contributed by atoms with Crippen LogP contribution in [0.2, 0.25) is 0 Å². The second-order valence-electron chi connectivity index (χ2n) is 2.88. The maximum Gasteiger partial charge on any atom is 0.169 e. The summed E-state index contributed by atoms with van der Waals surface area (Å²) in [6, 6.07) is 1.81. The molecule has 1 aromatic heterocycles. The van der Waals surface area contributed by atoms with Gasteiger partial charge in [-0.3, -0.25) is 0 Å². The highest BCUT2D eigenvalue weighted by Gasteiger charge is 1.99. The highest BCUT2D eigenvalue weighted by Crippen LogP contribution is 2.18. The standard InChI is InChI=1S/C10H10BrN3/c1-4-8-5-9(11)6-12-10(8)13-7-14(2)3/h1,5-7H,2-3H3. The molecule has 72 valence electrons. The molecule has 0 bridgehead atoms. The average molecular weight is 252 g/mol. The number of rotatable bonds is 2. The van der Waals surface area contributed by atoms with Gasteiger partial charge in [-0.25, -0.2) is 9.98 Å². The number of aliphatic imine (C=N–C) groups is 1. The lowest BCUT2D eigenvalue weighted by Gasteiger charge is -2.03. The maximum atomic E-state index is 5.33. The van der Waals surface area contributed by atoms with E-state index in [9.17, 15) is 0 Å². The van der Waals surface area contributed by atoms with E-state index in [4.69, 9.17) is 6.42 Å². The smallest absolute Gasteiger partial charge is 0.169 e. The Labute approximate surface area is 92.0 Å². The third kappa shape index (κ3) is 2.86. The molecule has 0 fully saturated rings. The van der Waals surface area contributed by atoms with Gasteiger partial charge in [-0.1, -0.05) is 5.92 Å². The Bertz CT molecular complexity index is 391. The Morgan fingerprint density at radius 3 is 2.93 bits per heavy atom. The monoisotopic (exact) mass is 251 g/mol. The molecule has 14 heavy (non-hydrogen) atoms. The molecule has 0 saturated carbocycles. The minimum absolute atomic E-state index is 0.560. The van der Waals surface area contributed by atoms with Crippen molar-refractivity contribution in [3.8, 4) is 12.3 Å². The van der Waals surface area contributed by atoms with Gasteiger partial charge < -0.3 is 4.90 Å². The Kier molecular flexibility index (Phi) is 3.66. The Morgan fingerprint density at radius 2 is 2.36 bits per heavy atom. The van der Waals surface area contributed by atoms with Crippen LogP contribution >= 0.6 is 15.9 Å². The molecular weight excluding hydrogens is 242 g/mol. The van der Waals surface area contributed by atoms with Crippen LogP contribution in [0.3, 0.4) is 0 Å². The largest absolute Gasteiger partial charge is 0.369 e. The summed E-state index contributed by atoms with van der Waals surface area (Å²) < 4.78 is 0.856. The van der Waals surface area contributed by atoms with Crippen molar-refractivity contribution in [2.75, 3.05) is 14.1 Å². The van der Waals surface area contributed by atoms with Gasteiger partial charge in [-0.05, 0) is 22.0 Å². The molecule has 1 rings (SSSR count). The zero-order valence-corrected chi connectivity index (χ0v) is 9.62. The lowest BCUT2D eigenvalue weighted by atomic mass is 10.3. The van der Waals surface area contributed by atoms with Gasteiger partial charge in [0.1, 0.15) is 0 Å². The molecule has 0 amide bonds. The van der Waals surface area contributed by atoms with Gasteiger partial charge in [0.15, 0.2) is 5.82 Å². The van der Waals surface area contributed by atoms with Crippen LogP contribution in [0.25, 0.3) is 0 Å². The van der Waals surface area contributed by atoms with Crippen LogP contribution < -0.4 is 0 Å². The van der Waals surface area contributed by atoms with E-state index in [0.717, 1.165) is 4.47 Å². The summed E-state index contributed by atoms with van der Waals surface area (Å²) in [5, 5.41) is 0. The molecule has 0 aliphatic heterocycles. The second kappa shape index (κ2) is 4.77. The maximum absolute atomic E-state index is 5.33. The predicted octanol–water partition coefficient (Wildman–Crippen LogP) is 2.05. The molecule has 1 heterocycles. The van der Waals surface area contributed by atoms with E-state index in [2.05, 4.69) is 31.8 Å². The molecule has 0 aliphatic rings. The molecule has 0 radical (unpaired) electrons. The molecule has 0 N–H and O–H groups in total. The van der Waals surface area contributed by atoms with Crippen molar-refractivity contribution in [3.63, 3.8) is 0 Å². The third-order valence-electron chi connectivity index (χ3n) is 1.40. The molecule has 4 heteroatoms. The Balaban J connectivity index is 3.04. The van der Waals surface area contributed by atoms with Gasteiger partial charge in [0.2, 0.25) is 0 Å². The topological polar surface area (TPSA) is 28.5 Å². The SMILES string of the molecule is C#Cc1cc(Br)cnc1N=CN(C)C. The van der Waals surface area contributed by atoms with E-state index in [1.165, 1.54) is 0 Å². The van der Waals surface area contributed by atoms with Crippen molar-refractivity contribution in [1.29, 1.82) is 0 Å². The summed E-state index contributed by atoms with van der Waals surface area (Å²) in [4.78, 5) is 10.1. The number of hydrogen-bond acceptors (Lipinski definition) is 2. The molecular formula is C10H10BrN3. The average Bonchev–Trinajstić information content (AvgIpc) is 2.15. The van der Waals surface area contributed by atoms with E-state index >= 15 is 0 Å². The lowest BCUT2D eigenvalue weighted by molar-refractivity contribution is 0.643. The normalized spacial score (nSPS) is 10.1. The number of terminal acetylenes is 1. The first-order valence-electron chi connectivity index (χ1n) is 3.96. The minimum atomic E-state index is 0.560. The van der Waals surface area contributed by atoms with Gasteiger partial charge >= 0.3 is 0 Å². The summed E-state index contributed by atoms with van der Waals surface area (Å²) in [7, 11) is 3.77. The van der Waals surface area contributed by atoms with Crippen LogP contribution in [0.1, 0.15) is 5.56 Å². The summed E-state index contributed by atoms with van der Waals surface area (Å²) in [5.74, 6) is 3.09. The first-order chi connectivity index (χ1) is 6.63. The first kappa shape index (κ1) is 10.7. The van der Waals surface area contributed by atoms with E-state index in [0.29, 0.717) is 11.4 Å². The van der Waals surface area contributed by atoms with E-state index in [1.807, 2.05) is 25.1 Å². The predicted molar refractivity (Wildman–Crippen MR) is 61.7 cm³/mol. The van der Waals surface area contributed by atoms with Crippen molar-refractivity contribution in [3.05, 3.63) is 22.3 Å².